The van der Waals surface area contributed by atoms with Gasteiger partial charge in [0.25, 0.3) is 0 Å². The van der Waals surface area contributed by atoms with Crippen molar-refractivity contribution in [3.05, 3.63) is 89.0 Å². The standard InChI is InChI=1S/C29H26ClFN4O4S/c30-23-15-21(5-7-24(23)39-16-19-2-1-3-20(31)12-19)35-28-27-22-6-4-18(13-25(22)40-29(27)34-17-33-28)14-26(37)32-8-10-38-11-9-36/h1-7,12-13,15,17,36H,8-11,14,16H2,(H,32,37)(H,33,34,35). The Bertz CT molecular complexity index is 1650. The monoisotopic (exact) mass is 580 g/mol. The van der Waals surface area contributed by atoms with Crippen LogP contribution in [0.5, 0.6) is 5.75 Å². The molecule has 3 aromatic carbocycles. The summed E-state index contributed by atoms with van der Waals surface area (Å²) in [4.78, 5) is 22.0. The van der Waals surface area contributed by atoms with Crippen LogP contribution in [0.15, 0.2) is 67.0 Å². The van der Waals surface area contributed by atoms with Gasteiger partial charge in [-0.25, -0.2) is 14.4 Å². The molecule has 0 aliphatic heterocycles. The Hall–Kier alpha value is -3.83. The summed E-state index contributed by atoms with van der Waals surface area (Å²) in [5.41, 5.74) is 2.31. The number of rotatable bonds is 12. The number of aliphatic hydroxyl groups excluding tert-OH is 1. The summed E-state index contributed by atoms with van der Waals surface area (Å²) in [5, 5.41) is 17.1. The van der Waals surface area contributed by atoms with Crippen molar-refractivity contribution < 1.29 is 23.8 Å². The molecule has 2 aromatic heterocycles. The molecule has 11 heteroatoms. The van der Waals surface area contributed by atoms with Gasteiger partial charge in [0.2, 0.25) is 5.91 Å². The van der Waals surface area contributed by atoms with Crippen molar-refractivity contribution in [3.8, 4) is 5.75 Å². The molecular weight excluding hydrogens is 555 g/mol. The van der Waals surface area contributed by atoms with E-state index in [0.29, 0.717) is 35.3 Å². The Labute approximate surface area is 238 Å². The average Bonchev–Trinajstić information content (AvgIpc) is 3.31. The van der Waals surface area contributed by atoms with Crippen LogP contribution in [0.4, 0.5) is 15.9 Å². The largest absolute Gasteiger partial charge is 0.487 e. The predicted octanol–water partition coefficient (Wildman–Crippen LogP) is 5.63. The third-order valence-corrected chi connectivity index (χ3v) is 7.34. The zero-order valence-electron chi connectivity index (χ0n) is 21.3. The molecule has 0 aliphatic rings. The Balaban J connectivity index is 1.28. The Morgan fingerprint density at radius 3 is 2.77 bits per heavy atom. The highest BCUT2D eigenvalue weighted by Crippen LogP contribution is 2.38. The zero-order chi connectivity index (χ0) is 27.9. The van der Waals surface area contributed by atoms with Gasteiger partial charge in [-0.2, -0.15) is 0 Å². The summed E-state index contributed by atoms with van der Waals surface area (Å²) in [6, 6.07) is 17.5. The van der Waals surface area contributed by atoms with Gasteiger partial charge >= 0.3 is 0 Å². The van der Waals surface area contributed by atoms with Crippen molar-refractivity contribution in [2.24, 2.45) is 0 Å². The lowest BCUT2D eigenvalue weighted by Crippen LogP contribution is -2.28. The number of carbonyl (C=O) groups is 1. The second kappa shape index (κ2) is 13.0. The summed E-state index contributed by atoms with van der Waals surface area (Å²) in [6.45, 7) is 1.15. The van der Waals surface area contributed by atoms with E-state index in [1.165, 1.54) is 29.8 Å². The molecule has 3 N–H and O–H groups in total. The Morgan fingerprint density at radius 2 is 1.95 bits per heavy atom. The number of benzene rings is 3. The summed E-state index contributed by atoms with van der Waals surface area (Å²) in [6.07, 6.45) is 1.75. The number of halogens is 2. The first-order valence-corrected chi connectivity index (χ1v) is 13.7. The van der Waals surface area contributed by atoms with Crippen molar-refractivity contribution in [1.29, 1.82) is 0 Å². The van der Waals surface area contributed by atoms with Crippen molar-refractivity contribution in [1.82, 2.24) is 15.3 Å². The van der Waals surface area contributed by atoms with Gasteiger partial charge in [0.1, 0.15) is 35.1 Å². The van der Waals surface area contributed by atoms with Gasteiger partial charge in [-0.05, 0) is 47.5 Å². The van der Waals surface area contributed by atoms with Crippen LogP contribution in [0.3, 0.4) is 0 Å². The van der Waals surface area contributed by atoms with E-state index >= 15 is 0 Å². The van der Waals surface area contributed by atoms with E-state index in [2.05, 4.69) is 20.6 Å². The fourth-order valence-electron chi connectivity index (χ4n) is 4.15. The average molecular weight is 581 g/mol. The van der Waals surface area contributed by atoms with Crippen molar-refractivity contribution in [2.75, 3.05) is 31.7 Å². The van der Waals surface area contributed by atoms with E-state index in [1.54, 1.807) is 24.3 Å². The maximum Gasteiger partial charge on any atom is 0.224 e. The van der Waals surface area contributed by atoms with Crippen LogP contribution >= 0.6 is 22.9 Å². The highest BCUT2D eigenvalue weighted by Gasteiger charge is 2.14. The number of fused-ring (bicyclic) bond motifs is 3. The summed E-state index contributed by atoms with van der Waals surface area (Å²) >= 11 is 8.01. The van der Waals surface area contributed by atoms with Gasteiger partial charge in [-0.1, -0.05) is 35.9 Å². The van der Waals surface area contributed by atoms with Gasteiger partial charge < -0.3 is 25.2 Å². The van der Waals surface area contributed by atoms with E-state index in [0.717, 1.165) is 31.6 Å². The van der Waals surface area contributed by atoms with Crippen LogP contribution in [-0.4, -0.2) is 47.3 Å². The minimum absolute atomic E-state index is 0.0426. The Morgan fingerprint density at radius 1 is 1.05 bits per heavy atom. The number of anilines is 2. The number of nitrogens with zero attached hydrogens (tertiary/aromatic N) is 2. The van der Waals surface area contributed by atoms with Crippen LogP contribution in [0.2, 0.25) is 5.02 Å². The molecule has 0 saturated heterocycles. The highest BCUT2D eigenvalue weighted by atomic mass is 35.5. The normalized spacial score (nSPS) is 11.2. The number of ether oxygens (including phenoxy) is 2. The van der Waals surface area contributed by atoms with Crippen LogP contribution < -0.4 is 15.4 Å². The number of hydrogen-bond acceptors (Lipinski definition) is 8. The minimum atomic E-state index is -0.317. The molecule has 1 amide bonds. The number of hydrogen-bond donors (Lipinski definition) is 3. The van der Waals surface area contributed by atoms with E-state index < -0.39 is 0 Å². The molecule has 0 radical (unpaired) electrons. The first kappa shape index (κ1) is 27.7. The molecular formula is C29H26ClFN4O4S. The number of carbonyl (C=O) groups excluding carboxylic acids is 1. The van der Waals surface area contributed by atoms with E-state index in [1.807, 2.05) is 24.3 Å². The fourth-order valence-corrected chi connectivity index (χ4v) is 5.50. The lowest BCUT2D eigenvalue weighted by Gasteiger charge is -2.11. The third kappa shape index (κ3) is 6.83. The SMILES string of the molecule is O=C(Cc1ccc2c(c1)sc1ncnc(Nc3ccc(OCc4cccc(F)c4)c(Cl)c3)c12)NCCOCCO. The fraction of sp³-hybridized carbons (Fsp3) is 0.207. The van der Waals surface area contributed by atoms with E-state index in [-0.39, 0.29) is 38.0 Å². The molecule has 0 unspecified atom stereocenters. The number of amides is 1. The molecule has 0 spiro atoms. The Kier molecular flexibility index (Phi) is 9.02. The lowest BCUT2D eigenvalue weighted by atomic mass is 10.1. The van der Waals surface area contributed by atoms with Crippen LogP contribution in [0.1, 0.15) is 11.1 Å². The summed E-state index contributed by atoms with van der Waals surface area (Å²) < 4.78 is 25.4. The maximum absolute atomic E-state index is 13.4. The molecule has 0 bridgehead atoms. The summed E-state index contributed by atoms with van der Waals surface area (Å²) in [7, 11) is 0. The maximum atomic E-state index is 13.4. The van der Waals surface area contributed by atoms with Gasteiger partial charge in [-0.3, -0.25) is 4.79 Å². The molecule has 2 heterocycles. The molecule has 5 aromatic rings. The van der Waals surface area contributed by atoms with Crippen LogP contribution in [0, 0.1) is 5.82 Å². The molecule has 0 aliphatic carbocycles. The second-order valence-electron chi connectivity index (χ2n) is 8.89. The third-order valence-electron chi connectivity index (χ3n) is 5.98. The molecule has 5 rings (SSSR count). The number of aromatic nitrogens is 2. The predicted molar refractivity (Wildman–Crippen MR) is 155 cm³/mol. The van der Waals surface area contributed by atoms with Crippen LogP contribution in [0.25, 0.3) is 20.3 Å². The highest BCUT2D eigenvalue weighted by molar-refractivity contribution is 7.25. The first-order chi connectivity index (χ1) is 19.5. The number of aliphatic hydroxyl groups is 1. The van der Waals surface area contributed by atoms with Gasteiger partial charge in [-0.15, -0.1) is 11.3 Å². The minimum Gasteiger partial charge on any atom is -0.487 e. The van der Waals surface area contributed by atoms with E-state index in [9.17, 15) is 9.18 Å². The quantitative estimate of drug-likeness (QED) is 0.164. The first-order valence-electron chi connectivity index (χ1n) is 12.6. The number of thiophene rings is 1. The van der Waals surface area contributed by atoms with Gasteiger partial charge in [0.05, 0.1) is 36.7 Å². The molecule has 40 heavy (non-hydrogen) atoms. The van der Waals surface area contributed by atoms with Gasteiger partial charge in [0.15, 0.2) is 0 Å². The zero-order valence-corrected chi connectivity index (χ0v) is 22.9. The van der Waals surface area contributed by atoms with Crippen molar-refractivity contribution in [3.63, 3.8) is 0 Å². The van der Waals surface area contributed by atoms with Crippen molar-refractivity contribution >= 4 is 60.7 Å². The number of nitrogens with one attached hydrogen (secondary N) is 2. The molecule has 0 fully saturated rings. The van der Waals surface area contributed by atoms with Crippen molar-refractivity contribution in [2.45, 2.75) is 13.0 Å². The lowest BCUT2D eigenvalue weighted by molar-refractivity contribution is -0.120. The summed E-state index contributed by atoms with van der Waals surface area (Å²) in [5.74, 6) is 0.700. The molecule has 0 atom stereocenters. The molecule has 0 saturated carbocycles. The smallest absolute Gasteiger partial charge is 0.224 e. The van der Waals surface area contributed by atoms with Crippen LogP contribution in [-0.2, 0) is 22.6 Å². The molecule has 8 nitrogen and oxygen atoms in total. The second-order valence-corrected chi connectivity index (χ2v) is 10.3. The van der Waals surface area contributed by atoms with Gasteiger partial charge in [0, 0.05) is 22.3 Å². The topological polar surface area (TPSA) is 106 Å². The molecule has 206 valence electrons. The van der Waals surface area contributed by atoms with E-state index in [4.69, 9.17) is 26.2 Å².